The van der Waals surface area contributed by atoms with E-state index >= 15 is 0 Å². The molecule has 2 aliphatic rings. The van der Waals surface area contributed by atoms with E-state index in [2.05, 4.69) is 5.32 Å². The van der Waals surface area contributed by atoms with Crippen molar-refractivity contribution in [2.45, 2.75) is 31.4 Å². The van der Waals surface area contributed by atoms with Gasteiger partial charge in [-0.3, -0.25) is 0 Å². The Labute approximate surface area is 71.2 Å². The van der Waals surface area contributed by atoms with Crippen molar-refractivity contribution in [3.05, 3.63) is 0 Å². The summed E-state index contributed by atoms with van der Waals surface area (Å²) < 4.78 is 10.4. The van der Waals surface area contributed by atoms with Crippen LogP contribution in [0.4, 0.5) is 4.79 Å². The molecule has 2 rings (SSSR count). The Balaban J connectivity index is 2.26. The molecule has 4 nitrogen and oxygen atoms in total. The number of amides is 1. The maximum absolute atomic E-state index is 10.9. The average molecular weight is 171 g/mol. The minimum absolute atomic E-state index is 0.288. The molecule has 2 aliphatic heterocycles. The topological polar surface area (TPSA) is 47.6 Å². The van der Waals surface area contributed by atoms with E-state index in [9.17, 15) is 4.79 Å². The molecule has 1 amide bonds. The smallest absolute Gasteiger partial charge is 0.407 e. The first-order valence-corrected chi connectivity index (χ1v) is 4.15. The SMILES string of the molecule is CC1(C)OCCC12COC(=O)N2. The Morgan fingerprint density at radius 2 is 2.25 bits per heavy atom. The number of cyclic esters (lactones) is 1. The number of nitrogens with one attached hydrogen (secondary N) is 1. The van der Waals surface area contributed by atoms with Gasteiger partial charge in [-0.25, -0.2) is 4.79 Å². The molecule has 0 aromatic carbocycles. The quantitative estimate of drug-likeness (QED) is 0.582. The largest absolute Gasteiger partial charge is 0.447 e. The van der Waals surface area contributed by atoms with Gasteiger partial charge in [-0.15, -0.1) is 0 Å². The maximum Gasteiger partial charge on any atom is 0.407 e. The molecule has 2 saturated heterocycles. The third-order valence-electron chi connectivity index (χ3n) is 2.94. The van der Waals surface area contributed by atoms with Crippen LogP contribution in [-0.4, -0.2) is 30.4 Å². The van der Waals surface area contributed by atoms with E-state index in [1.807, 2.05) is 13.8 Å². The van der Waals surface area contributed by atoms with Gasteiger partial charge >= 0.3 is 6.09 Å². The number of carbonyl (C=O) groups excluding carboxylic acids is 1. The predicted molar refractivity (Wildman–Crippen MR) is 41.9 cm³/mol. The molecule has 0 aromatic heterocycles. The summed E-state index contributed by atoms with van der Waals surface area (Å²) in [6.07, 6.45) is 0.514. The normalized spacial score (nSPS) is 38.3. The Morgan fingerprint density at radius 3 is 2.67 bits per heavy atom. The molecule has 0 aromatic rings. The van der Waals surface area contributed by atoms with E-state index in [0.717, 1.165) is 6.42 Å². The molecule has 2 heterocycles. The number of carbonyl (C=O) groups is 1. The molecule has 0 bridgehead atoms. The molecule has 68 valence electrons. The van der Waals surface area contributed by atoms with Crippen molar-refractivity contribution in [3.8, 4) is 0 Å². The third kappa shape index (κ3) is 0.843. The van der Waals surface area contributed by atoms with E-state index in [-0.39, 0.29) is 17.2 Å². The van der Waals surface area contributed by atoms with Crippen molar-refractivity contribution >= 4 is 6.09 Å². The van der Waals surface area contributed by atoms with E-state index < -0.39 is 0 Å². The van der Waals surface area contributed by atoms with Crippen LogP contribution in [0.25, 0.3) is 0 Å². The van der Waals surface area contributed by atoms with Gasteiger partial charge in [0.2, 0.25) is 0 Å². The first-order chi connectivity index (χ1) is 5.56. The van der Waals surface area contributed by atoms with Crippen LogP contribution in [0.15, 0.2) is 0 Å². The van der Waals surface area contributed by atoms with Gasteiger partial charge in [0.05, 0.1) is 5.60 Å². The van der Waals surface area contributed by atoms with Gasteiger partial charge in [0.1, 0.15) is 12.1 Å². The number of hydrogen-bond acceptors (Lipinski definition) is 3. The lowest BCUT2D eigenvalue weighted by Crippen LogP contribution is -2.56. The van der Waals surface area contributed by atoms with Crippen LogP contribution < -0.4 is 5.32 Å². The zero-order valence-electron chi connectivity index (χ0n) is 7.35. The van der Waals surface area contributed by atoms with Crippen molar-refractivity contribution in [1.82, 2.24) is 5.32 Å². The molecule has 1 unspecified atom stereocenters. The Morgan fingerprint density at radius 1 is 1.50 bits per heavy atom. The summed E-state index contributed by atoms with van der Waals surface area (Å²) >= 11 is 0. The van der Waals surface area contributed by atoms with E-state index in [1.165, 1.54) is 0 Å². The maximum atomic E-state index is 10.9. The van der Waals surface area contributed by atoms with Crippen molar-refractivity contribution in [2.24, 2.45) is 0 Å². The lowest BCUT2D eigenvalue weighted by atomic mass is 9.83. The van der Waals surface area contributed by atoms with Gasteiger partial charge in [-0.1, -0.05) is 0 Å². The predicted octanol–water partition coefficient (Wildman–Crippen LogP) is 0.664. The fourth-order valence-electron chi connectivity index (χ4n) is 1.83. The summed E-state index contributed by atoms with van der Waals surface area (Å²) in [5, 5.41) is 2.83. The van der Waals surface area contributed by atoms with Crippen LogP contribution in [0, 0.1) is 0 Å². The highest BCUT2D eigenvalue weighted by molar-refractivity contribution is 5.71. The van der Waals surface area contributed by atoms with Crippen LogP contribution in [-0.2, 0) is 9.47 Å². The van der Waals surface area contributed by atoms with Crippen LogP contribution >= 0.6 is 0 Å². The summed E-state index contributed by atoms with van der Waals surface area (Å²) in [6, 6.07) is 0. The van der Waals surface area contributed by atoms with Gasteiger partial charge in [-0.05, 0) is 13.8 Å². The monoisotopic (exact) mass is 171 g/mol. The highest BCUT2D eigenvalue weighted by Crippen LogP contribution is 2.38. The lowest BCUT2D eigenvalue weighted by Gasteiger charge is -2.33. The van der Waals surface area contributed by atoms with Gasteiger partial charge in [0.25, 0.3) is 0 Å². The number of hydrogen-bond donors (Lipinski definition) is 1. The van der Waals surface area contributed by atoms with Crippen molar-refractivity contribution < 1.29 is 14.3 Å². The van der Waals surface area contributed by atoms with Gasteiger partial charge in [0, 0.05) is 13.0 Å². The third-order valence-corrected chi connectivity index (χ3v) is 2.94. The Bertz CT molecular complexity index is 226. The van der Waals surface area contributed by atoms with Crippen molar-refractivity contribution in [2.75, 3.05) is 13.2 Å². The van der Waals surface area contributed by atoms with Gasteiger partial charge in [0.15, 0.2) is 0 Å². The second kappa shape index (κ2) is 2.13. The molecule has 4 heteroatoms. The summed E-state index contributed by atoms with van der Waals surface area (Å²) in [4.78, 5) is 10.9. The molecule has 1 N–H and O–H groups in total. The van der Waals surface area contributed by atoms with Crippen molar-refractivity contribution in [1.29, 1.82) is 0 Å². The molecule has 0 aliphatic carbocycles. The van der Waals surface area contributed by atoms with Crippen LogP contribution in [0.3, 0.4) is 0 Å². The number of ether oxygens (including phenoxy) is 2. The Hall–Kier alpha value is -0.770. The van der Waals surface area contributed by atoms with E-state index in [0.29, 0.717) is 13.2 Å². The Kier molecular flexibility index (Phi) is 1.39. The second-order valence-electron chi connectivity index (χ2n) is 3.89. The lowest BCUT2D eigenvalue weighted by molar-refractivity contribution is -0.00829. The summed E-state index contributed by atoms with van der Waals surface area (Å²) in [6.45, 7) is 5.08. The standard InChI is InChI=1S/C8H13NO3/c1-7(2)8(3-4-12-7)5-11-6(10)9-8/h3-5H2,1-2H3,(H,9,10). The number of alkyl carbamates (subject to hydrolysis) is 1. The van der Waals surface area contributed by atoms with Gasteiger partial charge in [-0.2, -0.15) is 0 Å². The molecule has 0 radical (unpaired) electrons. The molecular weight excluding hydrogens is 158 g/mol. The fraction of sp³-hybridized carbons (Fsp3) is 0.875. The van der Waals surface area contributed by atoms with Crippen LogP contribution in [0.2, 0.25) is 0 Å². The molecule has 12 heavy (non-hydrogen) atoms. The number of rotatable bonds is 0. The summed E-state index contributed by atoms with van der Waals surface area (Å²) in [7, 11) is 0. The highest BCUT2D eigenvalue weighted by Gasteiger charge is 2.55. The molecule has 2 fully saturated rings. The van der Waals surface area contributed by atoms with Gasteiger partial charge < -0.3 is 14.8 Å². The zero-order chi connectivity index (χ0) is 8.82. The summed E-state index contributed by atoms with van der Waals surface area (Å²) in [5.41, 5.74) is -0.594. The van der Waals surface area contributed by atoms with Crippen LogP contribution in [0.1, 0.15) is 20.3 Å². The average Bonchev–Trinajstić information content (AvgIpc) is 2.43. The van der Waals surface area contributed by atoms with Crippen molar-refractivity contribution in [3.63, 3.8) is 0 Å². The first-order valence-electron chi connectivity index (χ1n) is 4.15. The van der Waals surface area contributed by atoms with E-state index in [1.54, 1.807) is 0 Å². The summed E-state index contributed by atoms with van der Waals surface area (Å²) in [5.74, 6) is 0. The minimum Gasteiger partial charge on any atom is -0.447 e. The zero-order valence-corrected chi connectivity index (χ0v) is 7.35. The fourth-order valence-corrected chi connectivity index (χ4v) is 1.83. The molecular formula is C8H13NO3. The highest BCUT2D eigenvalue weighted by atomic mass is 16.6. The minimum atomic E-state index is -0.325. The molecule has 1 atom stereocenters. The molecule has 1 spiro atoms. The van der Waals surface area contributed by atoms with Crippen LogP contribution in [0.5, 0.6) is 0 Å². The molecule has 0 saturated carbocycles. The van der Waals surface area contributed by atoms with E-state index in [4.69, 9.17) is 9.47 Å². The first kappa shape index (κ1) is 7.86. The second-order valence-corrected chi connectivity index (χ2v) is 3.89.